The second kappa shape index (κ2) is 6.00. The van der Waals surface area contributed by atoms with E-state index in [1.54, 1.807) is 45.9 Å². The van der Waals surface area contributed by atoms with Crippen molar-refractivity contribution in [2.24, 2.45) is 5.73 Å². The Bertz CT molecular complexity index is 322. The lowest BCUT2D eigenvalue weighted by Crippen LogP contribution is -2.33. The van der Waals surface area contributed by atoms with Crippen molar-refractivity contribution >= 4 is 6.09 Å². The van der Waals surface area contributed by atoms with Crippen LogP contribution in [-0.4, -0.2) is 11.7 Å². The number of carbonyl (C=O) groups excluding carboxylic acids is 1. The van der Waals surface area contributed by atoms with Crippen LogP contribution in [0.15, 0.2) is 36.2 Å². The average Bonchev–Trinajstić information content (AvgIpc) is 2.11. The molecule has 0 aliphatic heterocycles. The fourth-order valence-corrected chi connectivity index (χ4v) is 0.941. The van der Waals surface area contributed by atoms with Gasteiger partial charge >= 0.3 is 6.09 Å². The van der Waals surface area contributed by atoms with E-state index in [1.807, 2.05) is 0 Å². The first kappa shape index (κ1) is 14.3. The molecule has 16 heavy (non-hydrogen) atoms. The summed E-state index contributed by atoms with van der Waals surface area (Å²) in [6.07, 6.45) is 4.32. The van der Waals surface area contributed by atoms with E-state index in [0.29, 0.717) is 11.4 Å². The summed E-state index contributed by atoms with van der Waals surface area (Å²) >= 11 is 0. The van der Waals surface area contributed by atoms with E-state index >= 15 is 0 Å². The van der Waals surface area contributed by atoms with Crippen LogP contribution in [-0.2, 0) is 4.74 Å². The van der Waals surface area contributed by atoms with Gasteiger partial charge in [0.2, 0.25) is 0 Å². The highest BCUT2D eigenvalue weighted by Crippen LogP contribution is 2.08. The van der Waals surface area contributed by atoms with Gasteiger partial charge in [-0.1, -0.05) is 18.7 Å². The molecular formula is C12H20N2O2. The summed E-state index contributed by atoms with van der Waals surface area (Å²) in [7, 11) is 0. The molecular weight excluding hydrogens is 204 g/mol. The van der Waals surface area contributed by atoms with Gasteiger partial charge in [0.05, 0.1) is 11.4 Å². The van der Waals surface area contributed by atoms with Crippen molar-refractivity contribution in [3.05, 3.63) is 36.2 Å². The number of hydrogen-bond acceptors (Lipinski definition) is 3. The summed E-state index contributed by atoms with van der Waals surface area (Å²) in [5.74, 6) is 0. The van der Waals surface area contributed by atoms with E-state index in [1.165, 1.54) is 0 Å². The highest BCUT2D eigenvalue weighted by atomic mass is 16.6. The van der Waals surface area contributed by atoms with Gasteiger partial charge in [0.15, 0.2) is 0 Å². The zero-order valence-corrected chi connectivity index (χ0v) is 10.3. The average molecular weight is 224 g/mol. The van der Waals surface area contributed by atoms with Crippen molar-refractivity contribution < 1.29 is 9.53 Å². The maximum absolute atomic E-state index is 11.5. The molecule has 0 aromatic carbocycles. The van der Waals surface area contributed by atoms with E-state index in [0.717, 1.165) is 0 Å². The number of amides is 1. The Morgan fingerprint density at radius 2 is 2.00 bits per heavy atom. The van der Waals surface area contributed by atoms with Crippen LogP contribution < -0.4 is 11.1 Å². The number of allylic oxidation sites excluding steroid dienone is 3. The zero-order valence-electron chi connectivity index (χ0n) is 10.3. The second-order valence-corrected chi connectivity index (χ2v) is 4.19. The largest absolute Gasteiger partial charge is 0.444 e. The first-order chi connectivity index (χ1) is 7.30. The van der Waals surface area contributed by atoms with Crippen molar-refractivity contribution in [2.45, 2.75) is 33.3 Å². The molecule has 0 fully saturated rings. The van der Waals surface area contributed by atoms with Crippen LogP contribution in [0.5, 0.6) is 0 Å². The standard InChI is InChI=1S/C12H20N2O2/c1-6-8-9(13)10(7-2)14-11(15)16-12(3,4)5/h6-8H,1,13H2,2-5H3,(H,14,15)/b9-8+,10-7+. The molecule has 3 N–H and O–H groups in total. The molecule has 0 heterocycles. The first-order valence-corrected chi connectivity index (χ1v) is 5.05. The van der Waals surface area contributed by atoms with E-state index in [-0.39, 0.29) is 0 Å². The Kier molecular flexibility index (Phi) is 5.36. The van der Waals surface area contributed by atoms with Crippen LogP contribution in [0.3, 0.4) is 0 Å². The molecule has 0 aliphatic rings. The highest BCUT2D eigenvalue weighted by molar-refractivity contribution is 5.71. The van der Waals surface area contributed by atoms with Gasteiger partial charge in [-0.15, -0.1) is 0 Å². The minimum absolute atomic E-state index is 0.434. The van der Waals surface area contributed by atoms with Gasteiger partial charge in [-0.2, -0.15) is 0 Å². The number of ether oxygens (including phenoxy) is 1. The van der Waals surface area contributed by atoms with Crippen LogP contribution in [0.1, 0.15) is 27.7 Å². The number of hydrogen-bond donors (Lipinski definition) is 2. The minimum atomic E-state index is -0.528. The van der Waals surface area contributed by atoms with Crippen molar-refractivity contribution in [3.8, 4) is 0 Å². The van der Waals surface area contributed by atoms with Gasteiger partial charge in [0, 0.05) is 0 Å². The smallest absolute Gasteiger partial charge is 0.412 e. The van der Waals surface area contributed by atoms with Gasteiger partial charge in [-0.25, -0.2) is 4.79 Å². The first-order valence-electron chi connectivity index (χ1n) is 5.05. The number of nitrogens with two attached hydrogens (primary N) is 1. The minimum Gasteiger partial charge on any atom is -0.444 e. The monoisotopic (exact) mass is 224 g/mol. The Labute approximate surface area is 96.8 Å². The van der Waals surface area contributed by atoms with Crippen molar-refractivity contribution in [1.82, 2.24) is 5.32 Å². The van der Waals surface area contributed by atoms with Gasteiger partial charge in [-0.3, -0.25) is 5.32 Å². The SMILES string of the molecule is C=C/C=C(N)\C(=C/C)NC(=O)OC(C)(C)C. The van der Waals surface area contributed by atoms with E-state index in [9.17, 15) is 4.79 Å². The number of nitrogens with one attached hydrogen (secondary N) is 1. The maximum Gasteiger partial charge on any atom is 0.412 e. The third-order valence-electron chi connectivity index (χ3n) is 1.53. The molecule has 0 unspecified atom stereocenters. The van der Waals surface area contributed by atoms with Crippen LogP contribution in [0.2, 0.25) is 0 Å². The number of alkyl carbamates (subject to hydrolysis) is 1. The van der Waals surface area contributed by atoms with E-state index in [4.69, 9.17) is 10.5 Å². The lowest BCUT2D eigenvalue weighted by Gasteiger charge is -2.20. The molecule has 4 heteroatoms. The Morgan fingerprint density at radius 3 is 2.38 bits per heavy atom. The van der Waals surface area contributed by atoms with Gasteiger partial charge in [-0.05, 0) is 33.8 Å². The second-order valence-electron chi connectivity index (χ2n) is 4.19. The molecule has 0 atom stereocenters. The maximum atomic E-state index is 11.5. The predicted octanol–water partition coefficient (Wildman–Crippen LogP) is 2.44. The molecule has 0 saturated heterocycles. The van der Waals surface area contributed by atoms with Crippen molar-refractivity contribution in [2.75, 3.05) is 0 Å². The van der Waals surface area contributed by atoms with Crippen molar-refractivity contribution in [1.29, 1.82) is 0 Å². The van der Waals surface area contributed by atoms with Gasteiger partial charge in [0.25, 0.3) is 0 Å². The molecule has 0 aliphatic carbocycles. The topological polar surface area (TPSA) is 64.3 Å². The van der Waals surface area contributed by atoms with Crippen molar-refractivity contribution in [3.63, 3.8) is 0 Å². The van der Waals surface area contributed by atoms with Gasteiger partial charge < -0.3 is 10.5 Å². The Balaban J connectivity index is 4.53. The summed E-state index contributed by atoms with van der Waals surface area (Å²) in [6, 6.07) is 0. The number of rotatable bonds is 3. The molecule has 0 radical (unpaired) electrons. The predicted molar refractivity (Wildman–Crippen MR) is 65.6 cm³/mol. The van der Waals surface area contributed by atoms with Crippen LogP contribution >= 0.6 is 0 Å². The Morgan fingerprint density at radius 1 is 1.44 bits per heavy atom. The lowest BCUT2D eigenvalue weighted by atomic mass is 10.2. The third-order valence-corrected chi connectivity index (χ3v) is 1.53. The quantitative estimate of drug-likeness (QED) is 0.724. The molecule has 0 aromatic heterocycles. The lowest BCUT2D eigenvalue weighted by molar-refractivity contribution is 0.0547. The van der Waals surface area contributed by atoms with Gasteiger partial charge in [0.1, 0.15) is 5.60 Å². The van der Waals surface area contributed by atoms with Crippen LogP contribution in [0.25, 0.3) is 0 Å². The third kappa shape index (κ3) is 5.90. The summed E-state index contributed by atoms with van der Waals surface area (Å²) in [6.45, 7) is 10.7. The Hall–Kier alpha value is -1.71. The molecule has 1 amide bonds. The molecule has 0 spiro atoms. The summed E-state index contributed by atoms with van der Waals surface area (Å²) < 4.78 is 5.10. The molecule has 0 aromatic rings. The van der Waals surface area contributed by atoms with Crippen LogP contribution in [0, 0.1) is 0 Å². The number of carbonyl (C=O) groups is 1. The molecule has 4 nitrogen and oxygen atoms in total. The molecule has 0 saturated carbocycles. The highest BCUT2D eigenvalue weighted by Gasteiger charge is 2.17. The summed E-state index contributed by atoms with van der Waals surface area (Å²) in [5.41, 5.74) is 6.12. The molecule has 0 bridgehead atoms. The molecule has 0 rings (SSSR count). The summed E-state index contributed by atoms with van der Waals surface area (Å²) in [4.78, 5) is 11.5. The fraction of sp³-hybridized carbons (Fsp3) is 0.417. The van der Waals surface area contributed by atoms with Crippen LogP contribution in [0.4, 0.5) is 4.79 Å². The fourth-order valence-electron chi connectivity index (χ4n) is 0.941. The zero-order chi connectivity index (χ0) is 12.8. The molecule has 90 valence electrons. The normalized spacial score (nSPS) is 13.2. The van der Waals surface area contributed by atoms with E-state index < -0.39 is 11.7 Å². The van der Waals surface area contributed by atoms with E-state index in [2.05, 4.69) is 11.9 Å². The summed E-state index contributed by atoms with van der Waals surface area (Å²) in [5, 5.41) is 2.57.